The van der Waals surface area contributed by atoms with E-state index in [-0.39, 0.29) is 0 Å². The van der Waals surface area contributed by atoms with Gasteiger partial charge in [-0.1, -0.05) is 90.0 Å². The van der Waals surface area contributed by atoms with Crippen molar-refractivity contribution in [2.24, 2.45) is 0 Å². The van der Waals surface area contributed by atoms with Crippen LogP contribution >= 0.6 is 0 Å². The summed E-state index contributed by atoms with van der Waals surface area (Å²) in [6.07, 6.45) is 21.8. The topological polar surface area (TPSA) is 0 Å². The van der Waals surface area contributed by atoms with E-state index in [9.17, 15) is 0 Å². The normalized spacial score (nSPS) is 16.7. The highest BCUT2D eigenvalue weighted by Gasteiger charge is 2.43. The third-order valence-electron chi connectivity index (χ3n) is 7.17. The van der Waals surface area contributed by atoms with Gasteiger partial charge in [-0.3, -0.25) is 0 Å². The van der Waals surface area contributed by atoms with Gasteiger partial charge in [-0.15, -0.1) is 0 Å². The quantitative estimate of drug-likeness (QED) is 0.340. The number of rotatable bonds is 12. The SMILES string of the molecule is CCCCC1=C(CCCC)C(CCCC)(CCCC)c2cc3c(cc21)C=CC3. The molecule has 0 heterocycles. The summed E-state index contributed by atoms with van der Waals surface area (Å²) in [4.78, 5) is 0. The summed E-state index contributed by atoms with van der Waals surface area (Å²) in [5.41, 5.74) is 10.4. The Bertz CT molecular complexity index is 708. The van der Waals surface area contributed by atoms with Crippen molar-refractivity contribution >= 4 is 11.6 Å². The molecular weight excluding hydrogens is 336 g/mol. The van der Waals surface area contributed by atoms with Gasteiger partial charge in [-0.25, -0.2) is 0 Å². The van der Waals surface area contributed by atoms with Crippen LogP contribution in [0.1, 0.15) is 127 Å². The van der Waals surface area contributed by atoms with Crippen molar-refractivity contribution < 1.29 is 0 Å². The van der Waals surface area contributed by atoms with Gasteiger partial charge in [-0.2, -0.15) is 0 Å². The number of benzene rings is 1. The van der Waals surface area contributed by atoms with Gasteiger partial charge in [0.25, 0.3) is 0 Å². The second-order valence-corrected chi connectivity index (χ2v) is 9.16. The highest BCUT2D eigenvalue weighted by molar-refractivity contribution is 5.83. The maximum absolute atomic E-state index is 2.64. The highest BCUT2D eigenvalue weighted by atomic mass is 14.5. The van der Waals surface area contributed by atoms with Crippen LogP contribution in [0.3, 0.4) is 0 Å². The molecule has 1 aromatic rings. The van der Waals surface area contributed by atoms with Crippen LogP contribution in [0, 0.1) is 0 Å². The van der Waals surface area contributed by atoms with Crippen molar-refractivity contribution in [3.05, 3.63) is 46.0 Å². The summed E-state index contributed by atoms with van der Waals surface area (Å²) in [6, 6.07) is 5.21. The fraction of sp³-hybridized carbons (Fsp3) is 0.643. The molecule has 28 heavy (non-hydrogen) atoms. The van der Waals surface area contributed by atoms with E-state index in [1.165, 1.54) is 82.6 Å². The standard InChI is InChI=1S/C28H42/c1-5-9-16-24-25-20-22-14-13-15-23(22)21-27(25)28(18-11-7-3,19-12-8-4)26(24)17-10-6-2/h13-14,20-21H,5-12,15-19H2,1-4H3. The number of hydrogen-bond donors (Lipinski definition) is 0. The summed E-state index contributed by atoms with van der Waals surface area (Å²) in [5, 5.41) is 0. The van der Waals surface area contributed by atoms with Gasteiger partial charge in [-0.05, 0) is 78.8 Å². The highest BCUT2D eigenvalue weighted by Crippen LogP contribution is 2.56. The molecule has 0 heteroatoms. The molecule has 0 nitrogen and oxygen atoms in total. The lowest BCUT2D eigenvalue weighted by atomic mass is 9.68. The van der Waals surface area contributed by atoms with Crippen LogP contribution in [-0.4, -0.2) is 0 Å². The van der Waals surface area contributed by atoms with E-state index in [1.807, 2.05) is 5.57 Å². The number of fused-ring (bicyclic) bond motifs is 2. The van der Waals surface area contributed by atoms with E-state index < -0.39 is 0 Å². The Kier molecular flexibility index (Phi) is 7.61. The van der Waals surface area contributed by atoms with Crippen LogP contribution in [0.4, 0.5) is 0 Å². The van der Waals surface area contributed by atoms with E-state index in [0.717, 1.165) is 6.42 Å². The molecule has 2 aliphatic rings. The Morgan fingerprint density at radius 3 is 2.07 bits per heavy atom. The lowest BCUT2D eigenvalue weighted by molar-refractivity contribution is 0.392. The lowest BCUT2D eigenvalue weighted by Crippen LogP contribution is -2.27. The minimum Gasteiger partial charge on any atom is -0.0795 e. The van der Waals surface area contributed by atoms with Crippen molar-refractivity contribution in [3.8, 4) is 0 Å². The van der Waals surface area contributed by atoms with Gasteiger partial charge >= 0.3 is 0 Å². The Morgan fingerprint density at radius 1 is 0.786 bits per heavy atom. The zero-order valence-corrected chi connectivity index (χ0v) is 19.0. The lowest BCUT2D eigenvalue weighted by Gasteiger charge is -2.35. The van der Waals surface area contributed by atoms with Crippen molar-refractivity contribution in [1.29, 1.82) is 0 Å². The second-order valence-electron chi connectivity index (χ2n) is 9.16. The van der Waals surface area contributed by atoms with Crippen LogP contribution in [0.15, 0.2) is 23.8 Å². The average molecular weight is 379 g/mol. The maximum Gasteiger partial charge on any atom is 0.0174 e. The Balaban J connectivity index is 2.16. The molecule has 3 rings (SSSR count). The minimum atomic E-state index is 0.331. The zero-order chi connectivity index (χ0) is 20.0. The van der Waals surface area contributed by atoms with Gasteiger partial charge < -0.3 is 0 Å². The summed E-state index contributed by atoms with van der Waals surface area (Å²) >= 11 is 0. The first-order valence-electron chi connectivity index (χ1n) is 12.3. The van der Waals surface area contributed by atoms with Gasteiger partial charge in [0, 0.05) is 5.41 Å². The third-order valence-corrected chi connectivity index (χ3v) is 7.17. The predicted molar refractivity (Wildman–Crippen MR) is 126 cm³/mol. The molecule has 0 saturated carbocycles. The first kappa shape index (κ1) is 21.4. The first-order valence-corrected chi connectivity index (χ1v) is 12.3. The molecule has 0 bridgehead atoms. The molecule has 2 aliphatic carbocycles. The summed E-state index contributed by atoms with van der Waals surface area (Å²) in [7, 11) is 0. The van der Waals surface area contributed by atoms with Crippen LogP contribution in [0.25, 0.3) is 11.6 Å². The zero-order valence-electron chi connectivity index (χ0n) is 19.0. The van der Waals surface area contributed by atoms with Gasteiger partial charge in [0.2, 0.25) is 0 Å². The monoisotopic (exact) mass is 378 g/mol. The van der Waals surface area contributed by atoms with Crippen LogP contribution < -0.4 is 0 Å². The molecule has 0 amide bonds. The van der Waals surface area contributed by atoms with E-state index in [2.05, 4.69) is 52.0 Å². The molecule has 154 valence electrons. The van der Waals surface area contributed by atoms with Gasteiger partial charge in [0.15, 0.2) is 0 Å². The number of hydrogen-bond acceptors (Lipinski definition) is 0. The Labute approximate surface area is 174 Å². The molecule has 0 aromatic heterocycles. The summed E-state index contributed by atoms with van der Waals surface area (Å²) in [5.74, 6) is 0. The van der Waals surface area contributed by atoms with Gasteiger partial charge in [0.1, 0.15) is 0 Å². The van der Waals surface area contributed by atoms with Crippen molar-refractivity contribution in [2.45, 2.75) is 117 Å². The van der Waals surface area contributed by atoms with Crippen molar-refractivity contribution in [2.75, 3.05) is 0 Å². The first-order chi connectivity index (χ1) is 13.7. The molecule has 0 unspecified atom stereocenters. The largest absolute Gasteiger partial charge is 0.0795 e. The molecule has 0 radical (unpaired) electrons. The Hall–Kier alpha value is -1.30. The van der Waals surface area contributed by atoms with E-state index in [0.29, 0.717) is 5.41 Å². The number of unbranched alkanes of at least 4 members (excludes halogenated alkanes) is 4. The molecule has 0 aliphatic heterocycles. The third kappa shape index (κ3) is 4.03. The molecule has 0 atom stereocenters. The van der Waals surface area contributed by atoms with E-state index in [1.54, 1.807) is 22.3 Å². The molecule has 0 N–H and O–H groups in total. The molecule has 0 fully saturated rings. The van der Waals surface area contributed by atoms with Crippen LogP contribution in [0.5, 0.6) is 0 Å². The molecule has 0 spiro atoms. The second kappa shape index (κ2) is 9.95. The summed E-state index contributed by atoms with van der Waals surface area (Å²) < 4.78 is 0. The number of allylic oxidation sites excluding steroid dienone is 3. The van der Waals surface area contributed by atoms with Crippen LogP contribution in [0.2, 0.25) is 0 Å². The maximum atomic E-state index is 2.64. The van der Waals surface area contributed by atoms with E-state index >= 15 is 0 Å². The molecule has 1 aromatic carbocycles. The fourth-order valence-electron chi connectivity index (χ4n) is 5.60. The predicted octanol–water partition coefficient (Wildman–Crippen LogP) is 9.02. The molecular formula is C28H42. The summed E-state index contributed by atoms with van der Waals surface area (Å²) in [6.45, 7) is 9.43. The van der Waals surface area contributed by atoms with Crippen molar-refractivity contribution in [1.82, 2.24) is 0 Å². The molecule has 0 saturated heterocycles. The van der Waals surface area contributed by atoms with Crippen LogP contribution in [-0.2, 0) is 11.8 Å². The van der Waals surface area contributed by atoms with E-state index in [4.69, 9.17) is 0 Å². The smallest absolute Gasteiger partial charge is 0.0174 e. The van der Waals surface area contributed by atoms with Crippen molar-refractivity contribution in [3.63, 3.8) is 0 Å². The Morgan fingerprint density at radius 2 is 1.43 bits per heavy atom. The average Bonchev–Trinajstić information content (AvgIpc) is 3.26. The van der Waals surface area contributed by atoms with Gasteiger partial charge in [0.05, 0.1) is 0 Å². The fourth-order valence-corrected chi connectivity index (χ4v) is 5.60. The minimum absolute atomic E-state index is 0.331.